The van der Waals surface area contributed by atoms with E-state index in [1.165, 1.54) is 5.56 Å². The lowest BCUT2D eigenvalue weighted by molar-refractivity contribution is -0.131. The molecular formula is C24H30N2O3. The smallest absolute Gasteiger partial charge is 0.251 e. The van der Waals surface area contributed by atoms with E-state index >= 15 is 0 Å². The summed E-state index contributed by atoms with van der Waals surface area (Å²) in [5.74, 6) is 0.796. The van der Waals surface area contributed by atoms with Crippen molar-refractivity contribution >= 4 is 11.8 Å². The van der Waals surface area contributed by atoms with Crippen LogP contribution in [0.2, 0.25) is 0 Å². The fraction of sp³-hybridized carbons (Fsp3) is 0.417. The van der Waals surface area contributed by atoms with Crippen molar-refractivity contribution in [1.82, 2.24) is 10.2 Å². The number of rotatable bonds is 8. The Kier molecular flexibility index (Phi) is 7.28. The van der Waals surface area contributed by atoms with Gasteiger partial charge in [0.2, 0.25) is 5.91 Å². The fourth-order valence-corrected chi connectivity index (χ4v) is 4.18. The van der Waals surface area contributed by atoms with Crippen LogP contribution in [0, 0.1) is 0 Å². The van der Waals surface area contributed by atoms with E-state index in [1.807, 2.05) is 17.9 Å². The summed E-state index contributed by atoms with van der Waals surface area (Å²) in [5.41, 5.74) is 1.80. The third-order valence-corrected chi connectivity index (χ3v) is 5.58. The molecule has 2 atom stereocenters. The van der Waals surface area contributed by atoms with Gasteiger partial charge in [-0.05, 0) is 56.0 Å². The molecule has 29 heavy (non-hydrogen) atoms. The summed E-state index contributed by atoms with van der Waals surface area (Å²) in [5, 5.41) is 2.77. The number of nitrogens with one attached hydrogen (secondary N) is 1. The lowest BCUT2D eigenvalue weighted by atomic mass is 9.87. The van der Waals surface area contributed by atoms with Gasteiger partial charge in [0.25, 0.3) is 5.91 Å². The molecule has 5 nitrogen and oxygen atoms in total. The van der Waals surface area contributed by atoms with Crippen LogP contribution in [0.15, 0.2) is 54.6 Å². The molecule has 0 radical (unpaired) electrons. The highest BCUT2D eigenvalue weighted by Gasteiger charge is 2.34. The van der Waals surface area contributed by atoms with Crippen LogP contribution < -0.4 is 10.1 Å². The van der Waals surface area contributed by atoms with Crippen LogP contribution in [0.4, 0.5) is 0 Å². The first-order chi connectivity index (χ1) is 14.1. The van der Waals surface area contributed by atoms with Gasteiger partial charge in [-0.15, -0.1) is 0 Å². The lowest BCUT2D eigenvalue weighted by Crippen LogP contribution is -2.44. The summed E-state index contributed by atoms with van der Waals surface area (Å²) in [6, 6.07) is 17.6. The van der Waals surface area contributed by atoms with Crippen LogP contribution in [-0.4, -0.2) is 42.5 Å². The molecule has 1 saturated heterocycles. The van der Waals surface area contributed by atoms with Crippen molar-refractivity contribution < 1.29 is 14.3 Å². The molecular weight excluding hydrogens is 364 g/mol. The number of carbonyl (C=O) groups is 2. The first-order valence-electron chi connectivity index (χ1n) is 10.5. The Morgan fingerprint density at radius 2 is 1.83 bits per heavy atom. The Bertz CT molecular complexity index is 805. The Labute approximate surface area is 173 Å². The zero-order valence-electron chi connectivity index (χ0n) is 17.3. The minimum absolute atomic E-state index is 0.0128. The third kappa shape index (κ3) is 5.17. The largest absolute Gasteiger partial charge is 0.494 e. The molecule has 1 N–H and O–H groups in total. The standard InChI is InChI=1S/C24H30N2O3/c1-3-21(18-9-6-5-7-10-18)22-11-8-16-26(22)23(27)17-25-24(28)19-12-14-20(15-13-19)29-4-2/h5-7,9-10,12-15,21-22H,3-4,8,11,16-17H2,1-2H3,(H,25,28)/t21-,22-/m1/s1. The van der Waals surface area contributed by atoms with E-state index in [-0.39, 0.29) is 24.4 Å². The molecule has 154 valence electrons. The highest BCUT2D eigenvalue weighted by molar-refractivity contribution is 5.96. The van der Waals surface area contributed by atoms with E-state index in [2.05, 4.69) is 36.5 Å². The summed E-state index contributed by atoms with van der Waals surface area (Å²) in [4.78, 5) is 27.2. The maximum atomic E-state index is 12.9. The number of benzene rings is 2. The van der Waals surface area contributed by atoms with Gasteiger partial charge in [-0.25, -0.2) is 0 Å². The summed E-state index contributed by atoms with van der Waals surface area (Å²) in [6.07, 6.45) is 3.00. The number of hydrogen-bond donors (Lipinski definition) is 1. The molecule has 0 bridgehead atoms. The van der Waals surface area contributed by atoms with Crippen LogP contribution in [0.25, 0.3) is 0 Å². The van der Waals surface area contributed by atoms with Gasteiger partial charge in [-0.3, -0.25) is 9.59 Å². The van der Waals surface area contributed by atoms with E-state index in [0.717, 1.165) is 31.6 Å². The molecule has 1 aliphatic rings. The highest BCUT2D eigenvalue weighted by atomic mass is 16.5. The lowest BCUT2D eigenvalue weighted by Gasteiger charge is -2.31. The highest BCUT2D eigenvalue weighted by Crippen LogP contribution is 2.33. The fourth-order valence-electron chi connectivity index (χ4n) is 4.18. The van der Waals surface area contributed by atoms with Gasteiger partial charge in [0, 0.05) is 24.1 Å². The van der Waals surface area contributed by atoms with Gasteiger partial charge in [0.1, 0.15) is 5.75 Å². The van der Waals surface area contributed by atoms with Gasteiger partial charge in [-0.2, -0.15) is 0 Å². The number of nitrogens with zero attached hydrogens (tertiary/aromatic N) is 1. The molecule has 0 unspecified atom stereocenters. The van der Waals surface area contributed by atoms with Crippen molar-refractivity contribution in [3.63, 3.8) is 0 Å². The second kappa shape index (κ2) is 10.1. The molecule has 1 fully saturated rings. The molecule has 0 spiro atoms. The monoisotopic (exact) mass is 394 g/mol. The van der Waals surface area contributed by atoms with Crippen LogP contribution in [0.3, 0.4) is 0 Å². The van der Waals surface area contributed by atoms with E-state index < -0.39 is 0 Å². The third-order valence-electron chi connectivity index (χ3n) is 5.58. The quantitative estimate of drug-likeness (QED) is 0.736. The predicted molar refractivity (Wildman–Crippen MR) is 114 cm³/mol. The van der Waals surface area contributed by atoms with E-state index in [0.29, 0.717) is 18.1 Å². The average Bonchev–Trinajstić information content (AvgIpc) is 3.23. The van der Waals surface area contributed by atoms with Crippen LogP contribution in [-0.2, 0) is 4.79 Å². The van der Waals surface area contributed by atoms with Crippen molar-refractivity contribution in [3.8, 4) is 5.75 Å². The van der Waals surface area contributed by atoms with E-state index in [4.69, 9.17) is 4.74 Å². The first kappa shape index (κ1) is 20.9. The number of likely N-dealkylation sites (tertiary alicyclic amines) is 1. The van der Waals surface area contributed by atoms with Crippen LogP contribution in [0.5, 0.6) is 5.75 Å². The molecule has 1 aliphatic heterocycles. The van der Waals surface area contributed by atoms with Crippen LogP contribution in [0.1, 0.15) is 54.9 Å². The molecule has 5 heteroatoms. The molecule has 0 aliphatic carbocycles. The Morgan fingerprint density at radius 1 is 1.10 bits per heavy atom. The SMILES string of the molecule is CCOc1ccc(C(=O)NCC(=O)N2CCC[C@@H]2[C@H](CC)c2ccccc2)cc1. The summed E-state index contributed by atoms with van der Waals surface area (Å²) < 4.78 is 5.40. The van der Waals surface area contributed by atoms with Crippen molar-refractivity contribution in [2.24, 2.45) is 0 Å². The Hall–Kier alpha value is -2.82. The number of amides is 2. The van der Waals surface area contributed by atoms with Crippen molar-refractivity contribution in [2.75, 3.05) is 19.7 Å². The molecule has 0 aromatic heterocycles. The normalized spacial score (nSPS) is 17.0. The first-order valence-corrected chi connectivity index (χ1v) is 10.5. The topological polar surface area (TPSA) is 58.6 Å². The zero-order chi connectivity index (χ0) is 20.6. The Balaban J connectivity index is 1.59. The molecule has 2 aromatic rings. The number of ether oxygens (including phenoxy) is 1. The Morgan fingerprint density at radius 3 is 2.48 bits per heavy atom. The van der Waals surface area contributed by atoms with Crippen molar-refractivity contribution in [2.45, 2.75) is 45.1 Å². The van der Waals surface area contributed by atoms with E-state index in [1.54, 1.807) is 24.3 Å². The second-order valence-corrected chi connectivity index (χ2v) is 7.36. The maximum absolute atomic E-state index is 12.9. The molecule has 2 amide bonds. The minimum Gasteiger partial charge on any atom is -0.494 e. The number of carbonyl (C=O) groups excluding carboxylic acids is 2. The predicted octanol–water partition coefficient (Wildman–Crippen LogP) is 4.00. The molecule has 1 heterocycles. The van der Waals surface area contributed by atoms with Gasteiger partial charge in [0.05, 0.1) is 13.2 Å². The maximum Gasteiger partial charge on any atom is 0.251 e. The van der Waals surface area contributed by atoms with Crippen molar-refractivity contribution in [3.05, 3.63) is 65.7 Å². The van der Waals surface area contributed by atoms with Gasteiger partial charge in [0.15, 0.2) is 0 Å². The summed E-state index contributed by atoms with van der Waals surface area (Å²) in [7, 11) is 0. The molecule has 3 rings (SSSR count). The minimum atomic E-state index is -0.243. The molecule has 0 saturated carbocycles. The van der Waals surface area contributed by atoms with Crippen LogP contribution >= 0.6 is 0 Å². The molecule has 2 aromatic carbocycles. The second-order valence-electron chi connectivity index (χ2n) is 7.36. The summed E-state index contributed by atoms with van der Waals surface area (Å²) in [6.45, 7) is 5.45. The van der Waals surface area contributed by atoms with Gasteiger partial charge in [-0.1, -0.05) is 37.3 Å². The van der Waals surface area contributed by atoms with E-state index in [9.17, 15) is 9.59 Å². The van der Waals surface area contributed by atoms with Gasteiger partial charge < -0.3 is 15.0 Å². The zero-order valence-corrected chi connectivity index (χ0v) is 17.3. The van der Waals surface area contributed by atoms with Crippen molar-refractivity contribution in [1.29, 1.82) is 0 Å². The van der Waals surface area contributed by atoms with Gasteiger partial charge >= 0.3 is 0 Å². The summed E-state index contributed by atoms with van der Waals surface area (Å²) >= 11 is 0. The number of hydrogen-bond acceptors (Lipinski definition) is 3. The average molecular weight is 395 g/mol.